The summed E-state index contributed by atoms with van der Waals surface area (Å²) in [7, 11) is 0. The van der Waals surface area contributed by atoms with Crippen molar-refractivity contribution in [2.24, 2.45) is 5.10 Å². The first-order valence-electron chi connectivity index (χ1n) is 9.09. The summed E-state index contributed by atoms with van der Waals surface area (Å²) in [5.74, 6) is 0.588. The minimum atomic E-state index is 0.410. The highest BCUT2D eigenvalue weighted by atomic mass is 15.7. The zero-order valence-corrected chi connectivity index (χ0v) is 15.8. The lowest BCUT2D eigenvalue weighted by atomic mass is 10.1. The summed E-state index contributed by atoms with van der Waals surface area (Å²) in [4.78, 5) is 0. The summed E-state index contributed by atoms with van der Waals surface area (Å²) in [6, 6.07) is 26.9. The Bertz CT molecular complexity index is 1120. The molecule has 0 saturated heterocycles. The lowest BCUT2D eigenvalue weighted by molar-refractivity contribution is 0.671. The number of aryl methyl sites for hydroxylation is 1. The van der Waals surface area contributed by atoms with Crippen LogP contribution in [0.2, 0.25) is 0 Å². The van der Waals surface area contributed by atoms with Gasteiger partial charge in [-0.15, -0.1) is 10.5 Å². The molecule has 0 aliphatic carbocycles. The number of hydrogen-bond acceptors (Lipinski definition) is 5. The van der Waals surface area contributed by atoms with E-state index >= 15 is 0 Å². The van der Waals surface area contributed by atoms with Gasteiger partial charge in [0.1, 0.15) is 6.67 Å². The van der Waals surface area contributed by atoms with E-state index in [4.69, 9.17) is 21.1 Å². The van der Waals surface area contributed by atoms with Gasteiger partial charge in [-0.25, -0.2) is 10.0 Å². The predicted molar refractivity (Wildman–Crippen MR) is 112 cm³/mol. The van der Waals surface area contributed by atoms with Crippen LogP contribution in [-0.2, 0) is 0 Å². The van der Waals surface area contributed by atoms with E-state index in [0.717, 1.165) is 22.5 Å². The number of rotatable bonds is 3. The molecule has 1 aliphatic rings. The quantitative estimate of drug-likeness (QED) is 0.693. The molecule has 0 spiro atoms. The smallest absolute Gasteiger partial charge is 0.199 e. The molecule has 6 heteroatoms. The molecule has 3 aromatic rings. The van der Waals surface area contributed by atoms with E-state index in [2.05, 4.69) is 12.1 Å². The van der Waals surface area contributed by atoms with Gasteiger partial charge in [0.2, 0.25) is 0 Å². The molecule has 0 fully saturated rings. The summed E-state index contributed by atoms with van der Waals surface area (Å²) >= 11 is 0. The second-order valence-corrected chi connectivity index (χ2v) is 6.65. The Balaban J connectivity index is 1.71. The molecule has 0 saturated carbocycles. The molecule has 0 amide bonds. The van der Waals surface area contributed by atoms with Crippen molar-refractivity contribution in [3.05, 3.63) is 95.1 Å². The van der Waals surface area contributed by atoms with E-state index in [-0.39, 0.29) is 0 Å². The van der Waals surface area contributed by atoms with E-state index < -0.39 is 0 Å². The van der Waals surface area contributed by atoms with Gasteiger partial charge in [0, 0.05) is 5.56 Å². The molecule has 139 valence electrons. The summed E-state index contributed by atoms with van der Waals surface area (Å²) < 4.78 is 0. The summed E-state index contributed by atoms with van der Waals surface area (Å²) in [6.45, 7) is 2.45. The van der Waals surface area contributed by atoms with Crippen molar-refractivity contribution in [1.82, 2.24) is 5.43 Å². The maximum atomic E-state index is 9.05. The summed E-state index contributed by atoms with van der Waals surface area (Å²) in [5.41, 5.74) is 9.72. The minimum absolute atomic E-state index is 0.410. The highest BCUT2D eigenvalue weighted by Gasteiger charge is 2.23. The number of anilines is 2. The van der Waals surface area contributed by atoms with E-state index in [0.29, 0.717) is 23.6 Å². The summed E-state index contributed by atoms with van der Waals surface area (Å²) in [5, 5.41) is 26.5. The number of amidine groups is 1. The van der Waals surface area contributed by atoms with E-state index in [1.165, 1.54) is 0 Å². The molecule has 0 bridgehead atoms. The third kappa shape index (κ3) is 3.87. The van der Waals surface area contributed by atoms with Gasteiger partial charge >= 0.3 is 0 Å². The van der Waals surface area contributed by atoms with Gasteiger partial charge in [0.25, 0.3) is 0 Å². The molecule has 3 aromatic carbocycles. The van der Waals surface area contributed by atoms with Crippen molar-refractivity contribution in [1.29, 1.82) is 10.5 Å². The van der Waals surface area contributed by atoms with Crippen LogP contribution in [-0.4, -0.2) is 12.5 Å². The number of hydrazone groups is 1. The topological polar surface area (TPSA) is 80.5 Å². The number of hydrogen-bond donors (Lipinski definition) is 0. The van der Waals surface area contributed by atoms with Gasteiger partial charge in [-0.1, -0.05) is 29.8 Å². The molecule has 4 rings (SSSR count). The zero-order valence-electron chi connectivity index (χ0n) is 15.8. The number of nitriles is 2. The van der Waals surface area contributed by atoms with Crippen LogP contribution >= 0.6 is 0 Å². The SMILES string of the molecule is Cc1ccc(C2=NN(c3ccc(C#N)cc3)CN(c3ccc(C#N)cc3)[N]2)cc1. The first kappa shape index (κ1) is 18.1. The second kappa shape index (κ2) is 7.75. The van der Waals surface area contributed by atoms with Crippen LogP contribution in [0.5, 0.6) is 0 Å². The van der Waals surface area contributed by atoms with Crippen molar-refractivity contribution >= 4 is 17.2 Å². The van der Waals surface area contributed by atoms with Crippen LogP contribution in [0.1, 0.15) is 22.3 Å². The third-order valence-electron chi connectivity index (χ3n) is 4.60. The average molecular weight is 377 g/mol. The van der Waals surface area contributed by atoms with E-state index in [9.17, 15) is 0 Å². The summed E-state index contributed by atoms with van der Waals surface area (Å²) in [6.07, 6.45) is 0. The standard InChI is InChI=1S/C23H17N6/c1-17-2-8-20(9-3-17)23-26-28(21-10-4-18(14-24)5-11-21)16-29(27-23)22-12-6-19(15-25)7-13-22/h2-13H,16H2,1H3. The molecule has 29 heavy (non-hydrogen) atoms. The zero-order chi connectivity index (χ0) is 20.2. The Kier molecular flexibility index (Phi) is 4.84. The molecular formula is C23H17N6. The molecule has 0 aromatic heterocycles. The van der Waals surface area contributed by atoms with Gasteiger partial charge in [-0.2, -0.15) is 10.5 Å². The van der Waals surface area contributed by atoms with Gasteiger partial charge in [-0.05, 0) is 55.5 Å². The molecule has 6 nitrogen and oxygen atoms in total. The fourth-order valence-corrected chi connectivity index (χ4v) is 2.95. The van der Waals surface area contributed by atoms with Gasteiger partial charge < -0.3 is 0 Å². The molecule has 1 heterocycles. The van der Waals surface area contributed by atoms with Crippen LogP contribution in [0.15, 0.2) is 77.9 Å². The molecule has 1 radical (unpaired) electrons. The lowest BCUT2D eigenvalue weighted by Gasteiger charge is -2.34. The molecule has 0 unspecified atom stereocenters. The fraction of sp³-hybridized carbons (Fsp3) is 0.0870. The largest absolute Gasteiger partial charge is 0.242 e. The Morgan fingerprint density at radius 1 is 0.724 bits per heavy atom. The van der Waals surface area contributed by atoms with Crippen LogP contribution in [0.4, 0.5) is 11.4 Å². The first-order valence-corrected chi connectivity index (χ1v) is 9.09. The number of nitrogens with zero attached hydrogens (tertiary/aromatic N) is 6. The Hall–Kier alpha value is -4.29. The van der Waals surface area contributed by atoms with Gasteiger partial charge in [-0.3, -0.25) is 0 Å². The van der Waals surface area contributed by atoms with Crippen LogP contribution in [0.25, 0.3) is 0 Å². The van der Waals surface area contributed by atoms with Crippen LogP contribution < -0.4 is 15.4 Å². The third-order valence-corrected chi connectivity index (χ3v) is 4.60. The monoisotopic (exact) mass is 377 g/mol. The van der Waals surface area contributed by atoms with Crippen molar-refractivity contribution < 1.29 is 0 Å². The van der Waals surface area contributed by atoms with Crippen LogP contribution in [0, 0.1) is 29.6 Å². The Morgan fingerprint density at radius 3 is 1.76 bits per heavy atom. The fourth-order valence-electron chi connectivity index (χ4n) is 2.95. The molecule has 0 atom stereocenters. The highest BCUT2D eigenvalue weighted by molar-refractivity contribution is 6.00. The predicted octanol–water partition coefficient (Wildman–Crippen LogP) is 3.90. The minimum Gasteiger partial charge on any atom is -0.242 e. The Morgan fingerprint density at radius 2 is 1.24 bits per heavy atom. The number of benzene rings is 3. The molecule has 1 aliphatic heterocycles. The molecular weight excluding hydrogens is 360 g/mol. The highest BCUT2D eigenvalue weighted by Crippen LogP contribution is 2.23. The van der Waals surface area contributed by atoms with Gasteiger partial charge in [0.15, 0.2) is 5.84 Å². The van der Waals surface area contributed by atoms with Crippen molar-refractivity contribution in [2.75, 3.05) is 16.7 Å². The van der Waals surface area contributed by atoms with Gasteiger partial charge in [0.05, 0.1) is 34.6 Å². The van der Waals surface area contributed by atoms with E-state index in [1.54, 1.807) is 24.3 Å². The average Bonchev–Trinajstić information content (AvgIpc) is 2.79. The first-order chi connectivity index (χ1) is 14.2. The second-order valence-electron chi connectivity index (χ2n) is 6.65. The normalized spacial score (nSPS) is 13.1. The van der Waals surface area contributed by atoms with Crippen molar-refractivity contribution in [3.63, 3.8) is 0 Å². The lowest BCUT2D eigenvalue weighted by Crippen LogP contribution is -2.48. The van der Waals surface area contributed by atoms with Crippen molar-refractivity contribution in [3.8, 4) is 12.1 Å². The maximum Gasteiger partial charge on any atom is 0.199 e. The molecule has 0 N–H and O–H groups in total. The van der Waals surface area contributed by atoms with Crippen molar-refractivity contribution in [2.45, 2.75) is 6.92 Å². The van der Waals surface area contributed by atoms with Crippen LogP contribution in [0.3, 0.4) is 0 Å². The van der Waals surface area contributed by atoms with E-state index in [1.807, 2.05) is 65.5 Å². The Labute approximate surface area is 169 Å². The maximum absolute atomic E-state index is 9.05.